The van der Waals surface area contributed by atoms with E-state index in [4.69, 9.17) is 5.11 Å². The molecule has 3 N–H and O–H groups in total. The summed E-state index contributed by atoms with van der Waals surface area (Å²) >= 11 is 0. The van der Waals surface area contributed by atoms with Gasteiger partial charge in [-0.3, -0.25) is 0 Å². The van der Waals surface area contributed by atoms with Crippen LogP contribution in [-0.2, 0) is 12.7 Å². The van der Waals surface area contributed by atoms with Gasteiger partial charge in [0.1, 0.15) is 5.82 Å². The topological polar surface area (TPSA) is 70.1 Å². The Kier molecular flexibility index (Phi) is 5.61. The third-order valence-corrected chi connectivity index (χ3v) is 3.26. The maximum absolute atomic E-state index is 13.0. The third kappa shape index (κ3) is 5.09. The Balaban J connectivity index is 2.20. The molecule has 0 spiro atoms. The minimum Gasteiger partial charge on any atom is -0.394 e. The fourth-order valence-corrected chi connectivity index (χ4v) is 1.91. The molecule has 0 aliphatic rings. The first-order chi connectivity index (χ1) is 11.3. The van der Waals surface area contributed by atoms with Crippen LogP contribution in [0.15, 0.2) is 30.3 Å². The molecule has 0 radical (unpaired) electrons. The highest BCUT2D eigenvalue weighted by atomic mass is 19.4. The molecule has 1 heterocycles. The van der Waals surface area contributed by atoms with Crippen LogP contribution < -0.4 is 10.6 Å². The highest BCUT2D eigenvalue weighted by Crippen LogP contribution is 2.29. The number of anilines is 2. The number of aromatic nitrogens is 2. The zero-order chi connectivity index (χ0) is 17.7. The van der Waals surface area contributed by atoms with Crippen molar-refractivity contribution < 1.29 is 18.3 Å². The predicted molar refractivity (Wildman–Crippen MR) is 85.7 cm³/mol. The quantitative estimate of drug-likeness (QED) is 0.753. The van der Waals surface area contributed by atoms with Crippen molar-refractivity contribution in [2.45, 2.75) is 32.6 Å². The summed E-state index contributed by atoms with van der Waals surface area (Å²) in [5.41, 5.74) is 0.979. The Morgan fingerprint density at radius 1 is 1.17 bits per heavy atom. The van der Waals surface area contributed by atoms with Crippen LogP contribution in [0.1, 0.15) is 23.7 Å². The number of halogens is 3. The molecule has 5 nitrogen and oxygen atoms in total. The van der Waals surface area contributed by atoms with Crippen LogP contribution in [-0.4, -0.2) is 27.7 Å². The molecule has 0 bridgehead atoms. The van der Waals surface area contributed by atoms with Crippen LogP contribution in [0.5, 0.6) is 0 Å². The van der Waals surface area contributed by atoms with Crippen molar-refractivity contribution >= 4 is 11.8 Å². The van der Waals surface area contributed by atoms with Crippen molar-refractivity contribution in [3.8, 4) is 0 Å². The first-order valence-corrected chi connectivity index (χ1v) is 7.41. The maximum Gasteiger partial charge on any atom is 0.433 e. The Morgan fingerprint density at radius 3 is 2.42 bits per heavy atom. The average molecular weight is 340 g/mol. The molecule has 1 aromatic carbocycles. The molecule has 0 amide bonds. The Labute approximate surface area is 138 Å². The standard InChI is InChI=1S/C16H19F3N4O/c1-10-3-5-12(6-4-10)8-20-14-7-13(16(17,18)19)22-15(23-14)21-11(2)9-24/h3-7,11,24H,8-9H2,1-2H3,(H2,20,21,22,23)/t11-/m0/s1. The molecular weight excluding hydrogens is 321 g/mol. The van der Waals surface area contributed by atoms with Gasteiger partial charge in [-0.1, -0.05) is 29.8 Å². The van der Waals surface area contributed by atoms with Gasteiger partial charge in [0.05, 0.1) is 6.61 Å². The number of hydrogen-bond donors (Lipinski definition) is 3. The second kappa shape index (κ2) is 7.48. The minimum absolute atomic E-state index is 0.0607. The number of alkyl halides is 3. The molecule has 1 aromatic heterocycles. The van der Waals surface area contributed by atoms with Crippen LogP contribution in [0, 0.1) is 6.92 Å². The minimum atomic E-state index is -4.58. The zero-order valence-electron chi connectivity index (χ0n) is 13.4. The van der Waals surface area contributed by atoms with Gasteiger partial charge < -0.3 is 15.7 Å². The molecule has 2 aromatic rings. The monoisotopic (exact) mass is 340 g/mol. The normalized spacial score (nSPS) is 12.8. The lowest BCUT2D eigenvalue weighted by molar-refractivity contribution is -0.141. The van der Waals surface area contributed by atoms with E-state index < -0.39 is 17.9 Å². The number of aryl methyl sites for hydroxylation is 1. The van der Waals surface area contributed by atoms with Crippen LogP contribution in [0.2, 0.25) is 0 Å². The smallest absolute Gasteiger partial charge is 0.394 e. The second-order valence-electron chi connectivity index (χ2n) is 5.53. The number of hydrogen-bond acceptors (Lipinski definition) is 5. The maximum atomic E-state index is 13.0. The van der Waals surface area contributed by atoms with E-state index in [1.807, 2.05) is 31.2 Å². The SMILES string of the molecule is Cc1ccc(CNc2cc(C(F)(F)F)nc(N[C@@H](C)CO)n2)cc1. The van der Waals surface area contributed by atoms with Gasteiger partial charge in [0, 0.05) is 18.7 Å². The summed E-state index contributed by atoms with van der Waals surface area (Å²) in [6, 6.07) is 8.03. The Bertz CT molecular complexity index is 674. The van der Waals surface area contributed by atoms with Gasteiger partial charge in [-0.05, 0) is 19.4 Å². The lowest BCUT2D eigenvalue weighted by Crippen LogP contribution is -2.22. The molecule has 0 unspecified atom stereocenters. The highest BCUT2D eigenvalue weighted by Gasteiger charge is 2.33. The molecule has 0 aliphatic heterocycles. The van der Waals surface area contributed by atoms with E-state index in [1.165, 1.54) is 0 Å². The number of aliphatic hydroxyl groups is 1. The van der Waals surface area contributed by atoms with Gasteiger partial charge >= 0.3 is 6.18 Å². The van der Waals surface area contributed by atoms with Crippen LogP contribution in [0.3, 0.4) is 0 Å². The Morgan fingerprint density at radius 2 is 1.83 bits per heavy atom. The van der Waals surface area contributed by atoms with Gasteiger partial charge in [-0.25, -0.2) is 4.98 Å². The van der Waals surface area contributed by atoms with E-state index >= 15 is 0 Å². The molecule has 2 rings (SSSR count). The van der Waals surface area contributed by atoms with E-state index in [0.717, 1.165) is 17.2 Å². The molecular formula is C16H19F3N4O. The number of nitrogens with zero attached hydrogens (tertiary/aromatic N) is 2. The highest BCUT2D eigenvalue weighted by molar-refractivity contribution is 5.44. The van der Waals surface area contributed by atoms with Gasteiger partial charge in [0.2, 0.25) is 5.95 Å². The lowest BCUT2D eigenvalue weighted by Gasteiger charge is -2.15. The molecule has 0 saturated carbocycles. The van der Waals surface area contributed by atoms with Crippen molar-refractivity contribution in [3.05, 3.63) is 47.2 Å². The first-order valence-electron chi connectivity index (χ1n) is 7.41. The number of nitrogens with one attached hydrogen (secondary N) is 2. The lowest BCUT2D eigenvalue weighted by atomic mass is 10.1. The number of aliphatic hydroxyl groups excluding tert-OH is 1. The van der Waals surface area contributed by atoms with Gasteiger partial charge in [0.25, 0.3) is 0 Å². The van der Waals surface area contributed by atoms with Crippen molar-refractivity contribution in [1.29, 1.82) is 0 Å². The fourth-order valence-electron chi connectivity index (χ4n) is 1.91. The molecule has 0 fully saturated rings. The van der Waals surface area contributed by atoms with E-state index in [1.54, 1.807) is 6.92 Å². The zero-order valence-corrected chi connectivity index (χ0v) is 13.4. The van der Waals surface area contributed by atoms with Crippen molar-refractivity contribution in [1.82, 2.24) is 9.97 Å². The average Bonchev–Trinajstić information content (AvgIpc) is 2.53. The largest absolute Gasteiger partial charge is 0.433 e. The van der Waals surface area contributed by atoms with Crippen molar-refractivity contribution in [2.75, 3.05) is 17.2 Å². The summed E-state index contributed by atoms with van der Waals surface area (Å²) in [7, 11) is 0. The molecule has 130 valence electrons. The molecule has 0 aliphatic carbocycles. The number of benzene rings is 1. The summed E-state index contributed by atoms with van der Waals surface area (Å²) < 4.78 is 38.9. The van der Waals surface area contributed by atoms with Crippen molar-refractivity contribution in [3.63, 3.8) is 0 Å². The summed E-state index contributed by atoms with van der Waals surface area (Å²) in [6.07, 6.45) is -4.58. The van der Waals surface area contributed by atoms with Crippen LogP contribution in [0.4, 0.5) is 24.9 Å². The summed E-state index contributed by atoms with van der Waals surface area (Å²) in [6.45, 7) is 3.66. The van der Waals surface area contributed by atoms with Gasteiger partial charge in [-0.15, -0.1) is 0 Å². The van der Waals surface area contributed by atoms with E-state index in [2.05, 4.69) is 20.6 Å². The summed E-state index contributed by atoms with van der Waals surface area (Å²) in [5, 5.41) is 14.5. The summed E-state index contributed by atoms with van der Waals surface area (Å²) in [5.74, 6) is -0.122. The molecule has 0 saturated heterocycles. The van der Waals surface area contributed by atoms with Crippen LogP contribution in [0.25, 0.3) is 0 Å². The second-order valence-corrected chi connectivity index (χ2v) is 5.53. The third-order valence-electron chi connectivity index (χ3n) is 3.26. The van der Waals surface area contributed by atoms with E-state index in [9.17, 15) is 13.2 Å². The molecule has 24 heavy (non-hydrogen) atoms. The van der Waals surface area contributed by atoms with Gasteiger partial charge in [-0.2, -0.15) is 18.2 Å². The molecule has 8 heteroatoms. The van der Waals surface area contributed by atoms with Gasteiger partial charge in [0.15, 0.2) is 5.69 Å². The predicted octanol–water partition coefficient (Wildman–Crippen LogP) is 3.21. The molecule has 1 atom stereocenters. The van der Waals surface area contributed by atoms with E-state index in [-0.39, 0.29) is 18.4 Å². The van der Waals surface area contributed by atoms with Crippen molar-refractivity contribution in [2.24, 2.45) is 0 Å². The first kappa shape index (κ1) is 18.0. The number of rotatable bonds is 6. The summed E-state index contributed by atoms with van der Waals surface area (Å²) in [4.78, 5) is 7.48. The van der Waals surface area contributed by atoms with E-state index in [0.29, 0.717) is 6.54 Å². The Hall–Kier alpha value is -2.35. The van der Waals surface area contributed by atoms with Crippen LogP contribution >= 0.6 is 0 Å². The fraction of sp³-hybridized carbons (Fsp3) is 0.375.